The normalized spacial score (nSPS) is 45.5. The lowest BCUT2D eigenvalue weighted by molar-refractivity contribution is 0.124. The summed E-state index contributed by atoms with van der Waals surface area (Å²) in [5.74, 6) is 0. The highest BCUT2D eigenvalue weighted by atomic mass is 16.3. The number of aliphatic hydroxyl groups excluding tert-OH is 1. The van der Waals surface area contributed by atoms with Crippen LogP contribution in [0.2, 0.25) is 0 Å². The lowest BCUT2D eigenvalue weighted by Gasteiger charge is -2.27. The average molecular weight is 139 g/mol. The number of hydrogen-bond donors (Lipinski definition) is 2. The van der Waals surface area contributed by atoms with E-state index in [2.05, 4.69) is 11.4 Å². The zero-order chi connectivity index (χ0) is 7.03. The molecule has 0 aromatic heterocycles. The van der Waals surface area contributed by atoms with Crippen molar-refractivity contribution in [2.75, 3.05) is 6.54 Å². The molecule has 0 aromatic rings. The van der Waals surface area contributed by atoms with Crippen LogP contribution in [-0.4, -0.2) is 23.3 Å². The van der Waals surface area contributed by atoms with E-state index in [1.54, 1.807) is 0 Å². The van der Waals surface area contributed by atoms with Crippen LogP contribution in [0.25, 0.3) is 0 Å². The van der Waals surface area contributed by atoms with E-state index in [1.165, 1.54) is 6.42 Å². The van der Waals surface area contributed by atoms with Crippen molar-refractivity contribution in [2.45, 2.75) is 30.9 Å². The van der Waals surface area contributed by atoms with E-state index in [1.807, 2.05) is 6.08 Å². The summed E-state index contributed by atoms with van der Waals surface area (Å²) in [6.07, 6.45) is 7.07. The molecule has 0 amide bonds. The molecule has 1 spiro atoms. The molecule has 1 unspecified atom stereocenters. The lowest BCUT2D eigenvalue weighted by Crippen LogP contribution is -2.46. The average Bonchev–Trinajstić information content (AvgIpc) is 2.48. The third-order valence-corrected chi connectivity index (χ3v) is 2.64. The molecule has 10 heavy (non-hydrogen) atoms. The molecule has 1 fully saturated rings. The summed E-state index contributed by atoms with van der Waals surface area (Å²) in [7, 11) is 0. The smallest absolute Gasteiger partial charge is 0.0905 e. The zero-order valence-corrected chi connectivity index (χ0v) is 6.01. The Bertz CT molecular complexity index is 159. The predicted molar refractivity (Wildman–Crippen MR) is 39.7 cm³/mol. The first-order valence-electron chi connectivity index (χ1n) is 3.93. The Labute approximate surface area is 60.9 Å². The second kappa shape index (κ2) is 2.07. The zero-order valence-electron chi connectivity index (χ0n) is 6.01. The van der Waals surface area contributed by atoms with E-state index in [0.29, 0.717) is 0 Å². The molecule has 2 atom stereocenters. The minimum atomic E-state index is -0.241. The number of aliphatic hydroxyl groups is 1. The molecular formula is C8H13NO. The molecule has 1 saturated heterocycles. The molecule has 0 radical (unpaired) electrons. The van der Waals surface area contributed by atoms with Crippen molar-refractivity contribution in [1.29, 1.82) is 0 Å². The summed E-state index contributed by atoms with van der Waals surface area (Å²) < 4.78 is 0. The Morgan fingerprint density at radius 1 is 1.60 bits per heavy atom. The van der Waals surface area contributed by atoms with E-state index in [9.17, 15) is 5.11 Å². The highest BCUT2D eigenvalue weighted by Gasteiger charge is 2.40. The van der Waals surface area contributed by atoms with Crippen molar-refractivity contribution in [2.24, 2.45) is 0 Å². The maximum atomic E-state index is 9.53. The summed E-state index contributed by atoms with van der Waals surface area (Å²) in [6, 6.07) is 0. The monoisotopic (exact) mass is 139 g/mol. The van der Waals surface area contributed by atoms with Crippen molar-refractivity contribution in [3.05, 3.63) is 12.2 Å². The number of nitrogens with one attached hydrogen (secondary N) is 1. The van der Waals surface area contributed by atoms with Gasteiger partial charge in [-0.1, -0.05) is 12.2 Å². The van der Waals surface area contributed by atoms with Crippen LogP contribution < -0.4 is 5.32 Å². The van der Waals surface area contributed by atoms with Crippen LogP contribution in [0.1, 0.15) is 19.3 Å². The van der Waals surface area contributed by atoms with Crippen LogP contribution in [0.3, 0.4) is 0 Å². The molecule has 1 aliphatic heterocycles. The first-order valence-corrected chi connectivity index (χ1v) is 3.93. The Morgan fingerprint density at radius 3 is 3.00 bits per heavy atom. The second-order valence-corrected chi connectivity index (χ2v) is 3.26. The first-order chi connectivity index (χ1) is 4.83. The molecule has 1 heterocycles. The van der Waals surface area contributed by atoms with Crippen LogP contribution in [-0.2, 0) is 0 Å². The molecule has 2 heteroatoms. The lowest BCUT2D eigenvalue weighted by atomic mass is 9.92. The van der Waals surface area contributed by atoms with Crippen molar-refractivity contribution in [1.82, 2.24) is 5.32 Å². The number of hydrogen-bond acceptors (Lipinski definition) is 2. The molecule has 0 bridgehead atoms. The van der Waals surface area contributed by atoms with Gasteiger partial charge in [0.05, 0.1) is 11.6 Å². The van der Waals surface area contributed by atoms with Gasteiger partial charge in [0.1, 0.15) is 0 Å². The van der Waals surface area contributed by atoms with Gasteiger partial charge in [0.2, 0.25) is 0 Å². The molecule has 2 rings (SSSR count). The summed E-state index contributed by atoms with van der Waals surface area (Å²) in [5.41, 5.74) is 0.0417. The Kier molecular flexibility index (Phi) is 1.32. The molecule has 2 nitrogen and oxygen atoms in total. The maximum absolute atomic E-state index is 9.53. The van der Waals surface area contributed by atoms with Gasteiger partial charge in [-0.2, -0.15) is 0 Å². The van der Waals surface area contributed by atoms with Gasteiger partial charge in [0.25, 0.3) is 0 Å². The molecule has 0 saturated carbocycles. The Balaban J connectivity index is 2.15. The third kappa shape index (κ3) is 0.724. The summed E-state index contributed by atoms with van der Waals surface area (Å²) >= 11 is 0. The molecule has 2 N–H and O–H groups in total. The molecule has 1 aliphatic carbocycles. The largest absolute Gasteiger partial charge is 0.387 e. The predicted octanol–water partition coefficient (Wildman–Crippen LogP) is 0.429. The van der Waals surface area contributed by atoms with Crippen LogP contribution in [0.5, 0.6) is 0 Å². The quantitative estimate of drug-likeness (QED) is 0.477. The van der Waals surface area contributed by atoms with Gasteiger partial charge in [-0.25, -0.2) is 0 Å². The van der Waals surface area contributed by atoms with Gasteiger partial charge < -0.3 is 10.4 Å². The molecule has 2 aliphatic rings. The van der Waals surface area contributed by atoms with E-state index >= 15 is 0 Å². The molecule has 0 aromatic carbocycles. The van der Waals surface area contributed by atoms with Crippen molar-refractivity contribution in [3.63, 3.8) is 0 Å². The van der Waals surface area contributed by atoms with Gasteiger partial charge in [0, 0.05) is 0 Å². The van der Waals surface area contributed by atoms with Crippen LogP contribution in [0.4, 0.5) is 0 Å². The number of rotatable bonds is 0. The summed E-state index contributed by atoms with van der Waals surface area (Å²) in [5, 5.41) is 12.9. The fourth-order valence-electron chi connectivity index (χ4n) is 1.97. The van der Waals surface area contributed by atoms with Crippen LogP contribution >= 0.6 is 0 Å². The van der Waals surface area contributed by atoms with Gasteiger partial charge in [0.15, 0.2) is 0 Å². The van der Waals surface area contributed by atoms with E-state index in [4.69, 9.17) is 0 Å². The topological polar surface area (TPSA) is 32.3 Å². The highest BCUT2D eigenvalue weighted by Crippen LogP contribution is 2.32. The second-order valence-electron chi connectivity index (χ2n) is 3.26. The van der Waals surface area contributed by atoms with Gasteiger partial charge in [-0.15, -0.1) is 0 Å². The minimum absolute atomic E-state index is 0.0417. The van der Waals surface area contributed by atoms with Crippen molar-refractivity contribution >= 4 is 0 Å². The highest BCUT2D eigenvalue weighted by molar-refractivity contribution is 5.16. The third-order valence-electron chi connectivity index (χ3n) is 2.64. The molecule has 56 valence electrons. The van der Waals surface area contributed by atoms with E-state index < -0.39 is 0 Å². The standard InChI is InChI=1S/C8H13NO/c10-7-3-1-4-8(7)5-2-6-9-8/h1,3,7,9-10H,2,4-6H2/t7?,8-/m1/s1. The van der Waals surface area contributed by atoms with E-state index in [-0.39, 0.29) is 11.6 Å². The van der Waals surface area contributed by atoms with Gasteiger partial charge >= 0.3 is 0 Å². The van der Waals surface area contributed by atoms with Crippen LogP contribution in [0.15, 0.2) is 12.2 Å². The summed E-state index contributed by atoms with van der Waals surface area (Å²) in [6.45, 7) is 1.07. The SMILES string of the molecule is OC1C=CC[C@@]12CCCN2. The maximum Gasteiger partial charge on any atom is 0.0905 e. The van der Waals surface area contributed by atoms with Crippen LogP contribution in [0, 0.1) is 0 Å². The van der Waals surface area contributed by atoms with Crippen molar-refractivity contribution < 1.29 is 5.11 Å². The van der Waals surface area contributed by atoms with Crippen molar-refractivity contribution in [3.8, 4) is 0 Å². The first kappa shape index (κ1) is 6.38. The minimum Gasteiger partial charge on any atom is -0.387 e. The Morgan fingerprint density at radius 2 is 2.50 bits per heavy atom. The van der Waals surface area contributed by atoms with E-state index in [0.717, 1.165) is 19.4 Å². The fraction of sp³-hybridized carbons (Fsp3) is 0.750. The fourth-order valence-corrected chi connectivity index (χ4v) is 1.97. The Hall–Kier alpha value is -0.340. The van der Waals surface area contributed by atoms with Gasteiger partial charge in [-0.3, -0.25) is 0 Å². The van der Waals surface area contributed by atoms with Gasteiger partial charge in [-0.05, 0) is 25.8 Å². The summed E-state index contributed by atoms with van der Waals surface area (Å²) in [4.78, 5) is 0. The molecular weight excluding hydrogens is 126 g/mol.